The van der Waals surface area contributed by atoms with Gasteiger partial charge in [0.2, 0.25) is 11.8 Å². The second kappa shape index (κ2) is 6.31. The van der Waals surface area contributed by atoms with Crippen molar-refractivity contribution in [1.82, 2.24) is 10.6 Å². The maximum atomic E-state index is 13.3. The molecular weight excluding hydrogens is 247 g/mol. The summed E-state index contributed by atoms with van der Waals surface area (Å²) in [5, 5.41) is 5.54. The zero-order valence-electron chi connectivity index (χ0n) is 10.6. The molecule has 0 aliphatic carbocycles. The maximum Gasteiger partial charge on any atom is 0.220 e. The summed E-state index contributed by atoms with van der Waals surface area (Å²) in [4.78, 5) is 22.6. The molecule has 0 saturated carbocycles. The van der Waals surface area contributed by atoms with Gasteiger partial charge in [-0.3, -0.25) is 9.59 Å². The molecule has 2 amide bonds. The van der Waals surface area contributed by atoms with E-state index in [1.54, 1.807) is 18.2 Å². The fourth-order valence-electron chi connectivity index (χ4n) is 2.11. The molecule has 4 nitrogen and oxygen atoms in total. The highest BCUT2D eigenvalue weighted by atomic mass is 19.1. The third-order valence-corrected chi connectivity index (χ3v) is 3.21. The third-order valence-electron chi connectivity index (χ3n) is 3.21. The highest BCUT2D eigenvalue weighted by molar-refractivity contribution is 5.79. The van der Waals surface area contributed by atoms with Crippen LogP contribution in [-0.4, -0.2) is 24.4 Å². The zero-order valence-corrected chi connectivity index (χ0v) is 10.6. The summed E-state index contributed by atoms with van der Waals surface area (Å²) in [5.74, 6) is -0.367. The average molecular weight is 264 g/mol. The van der Waals surface area contributed by atoms with E-state index in [4.69, 9.17) is 0 Å². The number of hydrogen-bond acceptors (Lipinski definition) is 2. The van der Waals surface area contributed by atoms with E-state index in [-0.39, 0.29) is 30.1 Å². The first-order valence-corrected chi connectivity index (χ1v) is 6.44. The zero-order chi connectivity index (χ0) is 13.7. The number of halogens is 1. The molecule has 0 bridgehead atoms. The Bertz CT molecular complexity index is 476. The Morgan fingerprint density at radius 3 is 2.89 bits per heavy atom. The van der Waals surface area contributed by atoms with Gasteiger partial charge in [-0.15, -0.1) is 0 Å². The van der Waals surface area contributed by atoms with Gasteiger partial charge in [-0.25, -0.2) is 4.39 Å². The van der Waals surface area contributed by atoms with Crippen molar-refractivity contribution in [2.45, 2.75) is 31.7 Å². The van der Waals surface area contributed by atoms with E-state index in [0.717, 1.165) is 6.42 Å². The standard InChI is InChI=1S/C14H17FN2O2/c15-12-4-2-1-3-10(12)5-7-13(18)16-9-11-6-8-14(19)17-11/h1-4,11H,5-9H2,(H,16,18)(H,17,19). The van der Waals surface area contributed by atoms with Crippen molar-refractivity contribution >= 4 is 11.8 Å². The van der Waals surface area contributed by atoms with Crippen LogP contribution in [0.1, 0.15) is 24.8 Å². The Balaban J connectivity index is 1.70. The van der Waals surface area contributed by atoms with Gasteiger partial charge < -0.3 is 10.6 Å². The molecule has 2 rings (SSSR count). The van der Waals surface area contributed by atoms with E-state index >= 15 is 0 Å². The first kappa shape index (κ1) is 13.5. The lowest BCUT2D eigenvalue weighted by molar-refractivity contribution is -0.122. The van der Waals surface area contributed by atoms with Crippen LogP contribution in [0.5, 0.6) is 0 Å². The number of rotatable bonds is 5. The first-order valence-electron chi connectivity index (χ1n) is 6.44. The summed E-state index contributed by atoms with van der Waals surface area (Å²) < 4.78 is 13.3. The van der Waals surface area contributed by atoms with Gasteiger partial charge in [-0.05, 0) is 24.5 Å². The average Bonchev–Trinajstić information content (AvgIpc) is 2.81. The molecule has 2 N–H and O–H groups in total. The molecule has 1 aromatic rings. The summed E-state index contributed by atoms with van der Waals surface area (Å²) >= 11 is 0. The van der Waals surface area contributed by atoms with Crippen molar-refractivity contribution in [2.75, 3.05) is 6.54 Å². The van der Waals surface area contributed by atoms with Gasteiger partial charge >= 0.3 is 0 Å². The number of carbonyl (C=O) groups is 2. The highest BCUT2D eigenvalue weighted by Crippen LogP contribution is 2.09. The number of nitrogens with one attached hydrogen (secondary N) is 2. The van der Waals surface area contributed by atoms with Crippen LogP contribution in [0.3, 0.4) is 0 Å². The summed E-state index contributed by atoms with van der Waals surface area (Å²) in [6, 6.07) is 6.48. The van der Waals surface area contributed by atoms with Crippen LogP contribution in [0.4, 0.5) is 4.39 Å². The van der Waals surface area contributed by atoms with Gasteiger partial charge in [0.25, 0.3) is 0 Å². The molecule has 1 saturated heterocycles. The van der Waals surface area contributed by atoms with Crippen LogP contribution in [0, 0.1) is 5.82 Å². The van der Waals surface area contributed by atoms with Crippen molar-refractivity contribution < 1.29 is 14.0 Å². The van der Waals surface area contributed by atoms with Crippen molar-refractivity contribution in [1.29, 1.82) is 0 Å². The molecule has 102 valence electrons. The minimum absolute atomic E-state index is 0.0323. The largest absolute Gasteiger partial charge is 0.354 e. The van der Waals surface area contributed by atoms with E-state index in [0.29, 0.717) is 24.9 Å². The van der Waals surface area contributed by atoms with Crippen LogP contribution in [0.2, 0.25) is 0 Å². The predicted molar refractivity (Wildman–Crippen MR) is 68.9 cm³/mol. The van der Waals surface area contributed by atoms with E-state index in [1.807, 2.05) is 0 Å². The second-order valence-electron chi connectivity index (χ2n) is 4.70. The minimum atomic E-state index is -0.279. The molecule has 0 aromatic heterocycles. The van der Waals surface area contributed by atoms with Gasteiger partial charge in [0, 0.05) is 25.4 Å². The number of hydrogen-bond donors (Lipinski definition) is 2. The van der Waals surface area contributed by atoms with E-state index < -0.39 is 0 Å². The molecule has 5 heteroatoms. The first-order chi connectivity index (χ1) is 9.15. The van der Waals surface area contributed by atoms with E-state index in [9.17, 15) is 14.0 Å². The molecule has 1 aliphatic heterocycles. The topological polar surface area (TPSA) is 58.2 Å². The SMILES string of the molecule is O=C(CCc1ccccc1F)NCC1CCC(=O)N1. The quantitative estimate of drug-likeness (QED) is 0.838. The van der Waals surface area contributed by atoms with E-state index in [2.05, 4.69) is 10.6 Å². The predicted octanol–water partition coefficient (Wildman–Crippen LogP) is 1.15. The molecule has 1 fully saturated rings. The summed E-state index contributed by atoms with van der Waals surface area (Å²) in [6.07, 6.45) is 1.92. The number of carbonyl (C=O) groups excluding carboxylic acids is 2. The van der Waals surface area contributed by atoms with Crippen LogP contribution in [0.15, 0.2) is 24.3 Å². The Kier molecular flexibility index (Phi) is 4.49. The van der Waals surface area contributed by atoms with Gasteiger partial charge in [0.15, 0.2) is 0 Å². The lowest BCUT2D eigenvalue weighted by Gasteiger charge is -2.11. The Morgan fingerprint density at radius 2 is 2.21 bits per heavy atom. The lowest BCUT2D eigenvalue weighted by Crippen LogP contribution is -2.38. The second-order valence-corrected chi connectivity index (χ2v) is 4.70. The molecule has 19 heavy (non-hydrogen) atoms. The van der Waals surface area contributed by atoms with Crippen LogP contribution >= 0.6 is 0 Å². The van der Waals surface area contributed by atoms with Crippen molar-refractivity contribution in [3.63, 3.8) is 0 Å². The molecule has 0 spiro atoms. The Morgan fingerprint density at radius 1 is 1.42 bits per heavy atom. The van der Waals surface area contributed by atoms with Gasteiger partial charge in [-0.2, -0.15) is 0 Å². The van der Waals surface area contributed by atoms with Crippen LogP contribution in [0.25, 0.3) is 0 Å². The van der Waals surface area contributed by atoms with Gasteiger partial charge in [0.05, 0.1) is 0 Å². The van der Waals surface area contributed by atoms with Crippen LogP contribution in [-0.2, 0) is 16.0 Å². The maximum absolute atomic E-state index is 13.3. The molecule has 1 aromatic carbocycles. The number of aryl methyl sites for hydroxylation is 1. The van der Waals surface area contributed by atoms with Gasteiger partial charge in [-0.1, -0.05) is 18.2 Å². The third kappa shape index (κ3) is 4.05. The van der Waals surface area contributed by atoms with Crippen LogP contribution < -0.4 is 10.6 Å². The fourth-order valence-corrected chi connectivity index (χ4v) is 2.11. The molecule has 1 aliphatic rings. The molecule has 1 atom stereocenters. The van der Waals surface area contributed by atoms with Gasteiger partial charge in [0.1, 0.15) is 5.82 Å². The molecule has 1 heterocycles. The lowest BCUT2D eigenvalue weighted by atomic mass is 10.1. The monoisotopic (exact) mass is 264 g/mol. The Hall–Kier alpha value is -1.91. The molecule has 1 unspecified atom stereocenters. The number of amides is 2. The smallest absolute Gasteiger partial charge is 0.220 e. The fraction of sp³-hybridized carbons (Fsp3) is 0.429. The van der Waals surface area contributed by atoms with Crippen molar-refractivity contribution in [3.05, 3.63) is 35.6 Å². The van der Waals surface area contributed by atoms with E-state index in [1.165, 1.54) is 6.07 Å². The summed E-state index contributed by atoms with van der Waals surface area (Å²) in [6.45, 7) is 0.446. The highest BCUT2D eigenvalue weighted by Gasteiger charge is 2.20. The summed E-state index contributed by atoms with van der Waals surface area (Å²) in [5.41, 5.74) is 0.548. The molecule has 0 radical (unpaired) electrons. The minimum Gasteiger partial charge on any atom is -0.354 e. The van der Waals surface area contributed by atoms with Crippen molar-refractivity contribution in [2.24, 2.45) is 0 Å². The molecular formula is C14H17FN2O2. The normalized spacial score (nSPS) is 18.2. The summed E-state index contributed by atoms with van der Waals surface area (Å²) in [7, 11) is 0. The Labute approximate surface area is 111 Å². The number of benzene rings is 1. The van der Waals surface area contributed by atoms with Crippen molar-refractivity contribution in [3.8, 4) is 0 Å².